The largest absolute Gasteiger partial charge is 0.452 e. The molecule has 178 valence electrons. The molecule has 0 radical (unpaired) electrons. The zero-order valence-electron chi connectivity index (χ0n) is 19.1. The third-order valence-corrected chi connectivity index (χ3v) is 6.28. The van der Waals surface area contributed by atoms with Gasteiger partial charge in [0, 0.05) is 12.2 Å². The van der Waals surface area contributed by atoms with Crippen molar-refractivity contribution >= 4 is 27.6 Å². The van der Waals surface area contributed by atoms with E-state index in [9.17, 15) is 22.4 Å². The van der Waals surface area contributed by atoms with E-state index in [-0.39, 0.29) is 23.9 Å². The van der Waals surface area contributed by atoms with E-state index in [0.717, 1.165) is 29.3 Å². The summed E-state index contributed by atoms with van der Waals surface area (Å²) in [5.41, 5.74) is 2.41. The zero-order valence-corrected chi connectivity index (χ0v) is 20.0. The SMILES string of the molecule is C=CCNS(=O)(=O)c1cc(C(=O)OCC(=O)Nc2c(C(C)C)cccc2C(C)C)ccc1F. The number of carbonyl (C=O) groups excluding carboxylic acids is 2. The van der Waals surface area contributed by atoms with E-state index in [4.69, 9.17) is 4.74 Å². The molecule has 0 saturated heterocycles. The molecule has 0 aliphatic heterocycles. The minimum absolute atomic E-state index is 0.104. The van der Waals surface area contributed by atoms with Crippen LogP contribution in [0, 0.1) is 5.82 Å². The number of benzene rings is 2. The summed E-state index contributed by atoms with van der Waals surface area (Å²) in [5.74, 6) is -2.19. The van der Waals surface area contributed by atoms with Gasteiger partial charge in [0.2, 0.25) is 10.0 Å². The summed E-state index contributed by atoms with van der Waals surface area (Å²) in [6.45, 7) is 10.8. The van der Waals surface area contributed by atoms with Gasteiger partial charge in [-0.1, -0.05) is 52.0 Å². The predicted molar refractivity (Wildman–Crippen MR) is 125 cm³/mol. The first-order valence-electron chi connectivity index (χ1n) is 10.5. The molecule has 0 bridgehead atoms. The molecule has 2 aromatic rings. The van der Waals surface area contributed by atoms with Crippen molar-refractivity contribution in [1.82, 2.24) is 4.72 Å². The van der Waals surface area contributed by atoms with E-state index in [1.54, 1.807) is 0 Å². The molecule has 0 aromatic heterocycles. The van der Waals surface area contributed by atoms with E-state index in [0.29, 0.717) is 5.69 Å². The third-order valence-electron chi connectivity index (χ3n) is 4.85. The maximum atomic E-state index is 14.1. The molecular weight excluding hydrogens is 447 g/mol. The van der Waals surface area contributed by atoms with Crippen LogP contribution in [0.5, 0.6) is 0 Å². The smallest absolute Gasteiger partial charge is 0.338 e. The van der Waals surface area contributed by atoms with Gasteiger partial charge in [-0.05, 0) is 41.2 Å². The number of halogens is 1. The Morgan fingerprint density at radius 1 is 1.09 bits per heavy atom. The van der Waals surface area contributed by atoms with Crippen LogP contribution in [0.1, 0.15) is 61.0 Å². The number of sulfonamides is 1. The van der Waals surface area contributed by atoms with Crippen molar-refractivity contribution < 1.29 is 27.1 Å². The zero-order chi connectivity index (χ0) is 24.8. The molecule has 0 fully saturated rings. The normalized spacial score (nSPS) is 11.5. The topological polar surface area (TPSA) is 102 Å². The van der Waals surface area contributed by atoms with Crippen molar-refractivity contribution in [3.63, 3.8) is 0 Å². The molecule has 0 spiro atoms. The van der Waals surface area contributed by atoms with Crippen LogP contribution in [0.3, 0.4) is 0 Å². The van der Waals surface area contributed by atoms with Crippen molar-refractivity contribution in [1.29, 1.82) is 0 Å². The second-order valence-electron chi connectivity index (χ2n) is 8.03. The van der Waals surface area contributed by atoms with E-state index in [1.165, 1.54) is 6.08 Å². The average Bonchev–Trinajstić information content (AvgIpc) is 2.76. The number of hydrogen-bond acceptors (Lipinski definition) is 5. The standard InChI is InChI=1S/C24H29FN2O5S/c1-6-12-26-33(30,31)21-13-17(10-11-20(21)25)24(29)32-14-22(28)27-23-18(15(2)3)8-7-9-19(23)16(4)5/h6-11,13,15-16,26H,1,12,14H2,2-5H3,(H,27,28). The fourth-order valence-corrected chi connectivity index (χ4v) is 4.27. The number of esters is 1. The molecule has 0 aliphatic carbocycles. The maximum Gasteiger partial charge on any atom is 0.338 e. The molecule has 2 aromatic carbocycles. The van der Waals surface area contributed by atoms with Gasteiger partial charge in [0.25, 0.3) is 5.91 Å². The molecule has 9 heteroatoms. The molecular formula is C24H29FN2O5S. The van der Waals surface area contributed by atoms with Crippen LogP contribution in [0.4, 0.5) is 10.1 Å². The van der Waals surface area contributed by atoms with Crippen molar-refractivity contribution in [2.24, 2.45) is 0 Å². The lowest BCUT2D eigenvalue weighted by Gasteiger charge is -2.20. The highest BCUT2D eigenvalue weighted by atomic mass is 32.2. The molecule has 2 N–H and O–H groups in total. The minimum Gasteiger partial charge on any atom is -0.452 e. The summed E-state index contributed by atoms with van der Waals surface area (Å²) in [5, 5.41) is 2.83. The van der Waals surface area contributed by atoms with E-state index in [2.05, 4.69) is 16.6 Å². The molecule has 33 heavy (non-hydrogen) atoms. The molecule has 2 rings (SSSR count). The third kappa shape index (κ3) is 6.72. The van der Waals surface area contributed by atoms with Crippen LogP contribution in [0.15, 0.2) is 53.9 Å². The Kier molecular flexibility index (Phi) is 8.90. The first kappa shape index (κ1) is 26.2. The van der Waals surface area contributed by atoms with Crippen LogP contribution in [-0.2, 0) is 19.6 Å². The minimum atomic E-state index is -4.19. The van der Waals surface area contributed by atoms with Crippen molar-refractivity contribution in [3.05, 3.63) is 71.6 Å². The molecule has 0 atom stereocenters. The van der Waals surface area contributed by atoms with Gasteiger partial charge in [-0.15, -0.1) is 6.58 Å². The van der Waals surface area contributed by atoms with Crippen molar-refractivity contribution in [2.45, 2.75) is 44.4 Å². The number of para-hydroxylation sites is 1. The second-order valence-corrected chi connectivity index (χ2v) is 9.77. The molecule has 0 aliphatic rings. The van der Waals surface area contributed by atoms with Gasteiger partial charge in [-0.2, -0.15) is 0 Å². The number of amides is 1. The number of carbonyl (C=O) groups is 2. The van der Waals surface area contributed by atoms with Gasteiger partial charge in [-0.3, -0.25) is 4.79 Å². The quantitative estimate of drug-likeness (QED) is 0.393. The number of nitrogens with one attached hydrogen (secondary N) is 2. The summed E-state index contributed by atoms with van der Waals surface area (Å²) >= 11 is 0. The Labute approximate surface area is 194 Å². The van der Waals surface area contributed by atoms with E-state index in [1.807, 2.05) is 45.9 Å². The van der Waals surface area contributed by atoms with Crippen LogP contribution in [0.2, 0.25) is 0 Å². The monoisotopic (exact) mass is 476 g/mol. The van der Waals surface area contributed by atoms with Crippen molar-refractivity contribution in [3.8, 4) is 0 Å². The van der Waals surface area contributed by atoms with Gasteiger partial charge in [-0.25, -0.2) is 22.3 Å². The highest BCUT2D eigenvalue weighted by molar-refractivity contribution is 7.89. The van der Waals surface area contributed by atoms with E-state index >= 15 is 0 Å². The lowest BCUT2D eigenvalue weighted by molar-refractivity contribution is -0.119. The number of anilines is 1. The van der Waals surface area contributed by atoms with Gasteiger partial charge in [0.1, 0.15) is 10.7 Å². The fourth-order valence-electron chi connectivity index (χ4n) is 3.17. The molecule has 0 saturated carbocycles. The molecule has 0 unspecified atom stereocenters. The average molecular weight is 477 g/mol. The number of ether oxygens (including phenoxy) is 1. The fraction of sp³-hybridized carbons (Fsp3) is 0.333. The van der Waals surface area contributed by atoms with Gasteiger partial charge < -0.3 is 10.1 Å². The molecule has 1 amide bonds. The highest BCUT2D eigenvalue weighted by Crippen LogP contribution is 2.32. The Hall–Kier alpha value is -3.04. The Morgan fingerprint density at radius 2 is 1.70 bits per heavy atom. The first-order chi connectivity index (χ1) is 15.5. The van der Waals surface area contributed by atoms with Crippen LogP contribution in [0.25, 0.3) is 0 Å². The summed E-state index contributed by atoms with van der Waals surface area (Å²) in [7, 11) is -4.19. The van der Waals surface area contributed by atoms with Gasteiger partial charge in [0.15, 0.2) is 6.61 Å². The van der Waals surface area contributed by atoms with Crippen LogP contribution in [-0.4, -0.2) is 33.4 Å². The summed E-state index contributed by atoms with van der Waals surface area (Å²) in [6, 6.07) is 8.61. The van der Waals surface area contributed by atoms with Gasteiger partial charge >= 0.3 is 5.97 Å². The van der Waals surface area contributed by atoms with Crippen molar-refractivity contribution in [2.75, 3.05) is 18.5 Å². The number of hydrogen-bond donors (Lipinski definition) is 2. The van der Waals surface area contributed by atoms with Crippen LogP contribution < -0.4 is 10.0 Å². The first-order valence-corrected chi connectivity index (χ1v) is 12.0. The number of rotatable bonds is 10. The Balaban J connectivity index is 2.16. The van der Waals surface area contributed by atoms with Crippen LogP contribution >= 0.6 is 0 Å². The molecule has 7 nitrogen and oxygen atoms in total. The Bertz CT molecular complexity index is 1120. The maximum absolute atomic E-state index is 14.1. The second kappa shape index (κ2) is 11.2. The molecule has 0 heterocycles. The lowest BCUT2D eigenvalue weighted by Crippen LogP contribution is -2.25. The lowest BCUT2D eigenvalue weighted by atomic mass is 9.92. The summed E-state index contributed by atoms with van der Waals surface area (Å²) in [6.07, 6.45) is 1.30. The Morgan fingerprint density at radius 3 is 2.24 bits per heavy atom. The highest BCUT2D eigenvalue weighted by Gasteiger charge is 2.22. The predicted octanol–water partition coefficient (Wildman–Crippen LogP) is 4.33. The summed E-state index contributed by atoms with van der Waals surface area (Å²) < 4.78 is 45.7. The summed E-state index contributed by atoms with van der Waals surface area (Å²) in [4.78, 5) is 24.2. The van der Waals surface area contributed by atoms with Gasteiger partial charge in [0.05, 0.1) is 5.56 Å². The van der Waals surface area contributed by atoms with E-state index < -0.39 is 39.2 Å².